The topological polar surface area (TPSA) is 61.4 Å². The number of nitrogens with zero attached hydrogens (tertiary/aromatic N) is 1. The van der Waals surface area contributed by atoms with Crippen LogP contribution in [0.5, 0.6) is 0 Å². The highest BCUT2D eigenvalue weighted by Gasteiger charge is 2.05. The Morgan fingerprint density at radius 3 is 2.11 bits per heavy atom. The van der Waals surface area contributed by atoms with Gasteiger partial charge in [-0.25, -0.2) is 0 Å². The van der Waals surface area contributed by atoms with Gasteiger partial charge in [0.2, 0.25) is 11.8 Å². The summed E-state index contributed by atoms with van der Waals surface area (Å²) in [6, 6.07) is 0. The Morgan fingerprint density at radius 1 is 1.11 bits per heavy atom. The molecule has 0 aromatic carbocycles. The summed E-state index contributed by atoms with van der Waals surface area (Å²) >= 11 is 0. The van der Waals surface area contributed by atoms with Crippen LogP contribution in [0.3, 0.4) is 0 Å². The lowest BCUT2D eigenvalue weighted by Gasteiger charge is -2.25. The molecule has 5 heteroatoms. The summed E-state index contributed by atoms with van der Waals surface area (Å²) in [6.07, 6.45) is 2.87. The molecule has 0 fully saturated rings. The number of carbonyl (C=O) groups excluding carboxylic acids is 2. The summed E-state index contributed by atoms with van der Waals surface area (Å²) in [4.78, 5) is 23.7. The highest BCUT2D eigenvalue weighted by Crippen LogP contribution is 2.00. The van der Waals surface area contributed by atoms with Crippen molar-refractivity contribution in [2.24, 2.45) is 0 Å². The molecular weight excluding hydrogens is 230 g/mol. The molecule has 0 spiro atoms. The van der Waals surface area contributed by atoms with Gasteiger partial charge in [0.1, 0.15) is 0 Å². The monoisotopic (exact) mass is 251 g/mol. The van der Waals surface area contributed by atoms with Gasteiger partial charge in [-0.05, 0) is 12.2 Å². The molecule has 5 nitrogen and oxygen atoms in total. The first-order valence-corrected chi connectivity index (χ1v) is 5.72. The molecule has 0 aliphatic rings. The first-order chi connectivity index (χ1) is 8.51. The van der Waals surface area contributed by atoms with Crippen molar-refractivity contribution in [3.05, 3.63) is 37.6 Å². The zero-order valence-electron chi connectivity index (χ0n) is 10.9. The van der Waals surface area contributed by atoms with Crippen molar-refractivity contribution in [2.75, 3.05) is 26.2 Å². The Balaban J connectivity index is 4.10. The molecule has 0 aliphatic heterocycles. The minimum absolute atomic E-state index is 0.0703. The van der Waals surface area contributed by atoms with Crippen LogP contribution in [-0.2, 0) is 9.59 Å². The van der Waals surface area contributed by atoms with Gasteiger partial charge in [0, 0.05) is 38.8 Å². The van der Waals surface area contributed by atoms with Crippen molar-refractivity contribution in [2.45, 2.75) is 6.92 Å². The largest absolute Gasteiger partial charge is 0.368 e. The average molecular weight is 251 g/mol. The minimum atomic E-state index is -0.207. The summed E-state index contributed by atoms with van der Waals surface area (Å²) < 4.78 is 0. The zero-order chi connectivity index (χ0) is 14.0. The van der Waals surface area contributed by atoms with Crippen molar-refractivity contribution in [3.8, 4) is 0 Å². The molecule has 2 amide bonds. The Hall–Kier alpha value is -2.04. The molecule has 0 radical (unpaired) electrons. The van der Waals surface area contributed by atoms with Gasteiger partial charge >= 0.3 is 0 Å². The summed E-state index contributed by atoms with van der Waals surface area (Å²) in [5, 5.41) is 5.39. The standard InChI is InChI=1S/C13H21N3O2/c1-5-11(3)16(9-7-14-12(4)17)10-8-15-13(18)6-2/h5-6H,1-3,7-10H2,4H3,(H,14,17)(H,15,18). The highest BCUT2D eigenvalue weighted by atomic mass is 16.2. The van der Waals surface area contributed by atoms with Crippen LogP contribution in [0.4, 0.5) is 0 Å². The fraction of sp³-hybridized carbons (Fsp3) is 0.385. The molecule has 0 aliphatic carbocycles. The van der Waals surface area contributed by atoms with E-state index in [-0.39, 0.29) is 11.8 Å². The quantitative estimate of drug-likeness (QED) is 0.461. The Kier molecular flexibility index (Phi) is 8.01. The summed E-state index contributed by atoms with van der Waals surface area (Å²) in [6.45, 7) is 14.6. The van der Waals surface area contributed by atoms with E-state index < -0.39 is 0 Å². The van der Waals surface area contributed by atoms with Gasteiger partial charge in [-0.15, -0.1) is 0 Å². The second kappa shape index (κ2) is 9.04. The van der Waals surface area contributed by atoms with Crippen LogP contribution >= 0.6 is 0 Å². The van der Waals surface area contributed by atoms with Gasteiger partial charge < -0.3 is 15.5 Å². The van der Waals surface area contributed by atoms with Gasteiger partial charge in [0.25, 0.3) is 0 Å². The SMILES string of the molecule is C=CC(=C)N(CCNC(C)=O)CCNC(=O)C=C. The van der Waals surface area contributed by atoms with E-state index in [0.717, 1.165) is 5.70 Å². The van der Waals surface area contributed by atoms with Gasteiger partial charge in [0.15, 0.2) is 0 Å². The third-order valence-corrected chi connectivity index (χ3v) is 2.26. The predicted octanol–water partition coefficient (Wildman–Crippen LogP) is 0.426. The number of carbonyl (C=O) groups is 2. The normalized spacial score (nSPS) is 9.17. The van der Waals surface area contributed by atoms with Crippen molar-refractivity contribution < 1.29 is 9.59 Å². The van der Waals surface area contributed by atoms with Gasteiger partial charge in [-0.3, -0.25) is 9.59 Å². The molecule has 0 saturated carbocycles. The molecule has 100 valence electrons. The fourth-order valence-corrected chi connectivity index (χ4v) is 1.28. The van der Waals surface area contributed by atoms with Crippen LogP contribution in [0.15, 0.2) is 37.6 Å². The molecule has 2 N–H and O–H groups in total. The third-order valence-electron chi connectivity index (χ3n) is 2.26. The minimum Gasteiger partial charge on any atom is -0.368 e. The van der Waals surface area contributed by atoms with E-state index in [2.05, 4.69) is 30.4 Å². The third kappa shape index (κ3) is 7.27. The maximum absolute atomic E-state index is 11.0. The van der Waals surface area contributed by atoms with Gasteiger partial charge in [-0.1, -0.05) is 19.7 Å². The first-order valence-electron chi connectivity index (χ1n) is 5.72. The van der Waals surface area contributed by atoms with Crippen LogP contribution < -0.4 is 10.6 Å². The maximum Gasteiger partial charge on any atom is 0.243 e. The number of nitrogens with one attached hydrogen (secondary N) is 2. The second-order valence-corrected chi connectivity index (χ2v) is 3.66. The van der Waals surface area contributed by atoms with Crippen molar-refractivity contribution in [3.63, 3.8) is 0 Å². The summed E-state index contributed by atoms with van der Waals surface area (Å²) in [5.41, 5.74) is 0.758. The van der Waals surface area contributed by atoms with Crippen LogP contribution in [-0.4, -0.2) is 42.9 Å². The molecule has 0 aromatic heterocycles. The molecule has 0 saturated heterocycles. The number of hydrogen-bond acceptors (Lipinski definition) is 3. The van der Waals surface area contributed by atoms with E-state index in [0.29, 0.717) is 26.2 Å². The lowest BCUT2D eigenvalue weighted by Crippen LogP contribution is -2.37. The summed E-state index contributed by atoms with van der Waals surface area (Å²) in [7, 11) is 0. The smallest absolute Gasteiger partial charge is 0.243 e. The molecule has 0 unspecified atom stereocenters. The number of rotatable bonds is 9. The maximum atomic E-state index is 11.0. The molecular formula is C13H21N3O2. The summed E-state index contributed by atoms with van der Waals surface area (Å²) in [5.74, 6) is -0.278. The lowest BCUT2D eigenvalue weighted by molar-refractivity contribution is -0.119. The lowest BCUT2D eigenvalue weighted by atomic mass is 10.3. The van der Waals surface area contributed by atoms with Gasteiger partial charge in [0.05, 0.1) is 0 Å². The Bertz CT molecular complexity index is 337. The van der Waals surface area contributed by atoms with Crippen molar-refractivity contribution in [1.82, 2.24) is 15.5 Å². The van der Waals surface area contributed by atoms with E-state index in [1.165, 1.54) is 13.0 Å². The molecule has 0 aromatic rings. The van der Waals surface area contributed by atoms with E-state index >= 15 is 0 Å². The highest BCUT2D eigenvalue weighted by molar-refractivity contribution is 5.86. The van der Waals surface area contributed by atoms with Crippen LogP contribution in [0, 0.1) is 0 Å². The van der Waals surface area contributed by atoms with Gasteiger partial charge in [-0.2, -0.15) is 0 Å². The molecule has 0 rings (SSSR count). The van der Waals surface area contributed by atoms with Crippen molar-refractivity contribution >= 4 is 11.8 Å². The van der Waals surface area contributed by atoms with E-state index in [9.17, 15) is 9.59 Å². The molecule has 0 atom stereocenters. The first kappa shape index (κ1) is 16.0. The molecule has 0 heterocycles. The van der Waals surface area contributed by atoms with Crippen LogP contribution in [0.25, 0.3) is 0 Å². The number of allylic oxidation sites excluding steroid dienone is 1. The predicted molar refractivity (Wildman–Crippen MR) is 72.8 cm³/mol. The van der Waals surface area contributed by atoms with Crippen LogP contribution in [0.1, 0.15) is 6.92 Å². The Morgan fingerprint density at radius 2 is 1.67 bits per heavy atom. The van der Waals surface area contributed by atoms with E-state index in [1.54, 1.807) is 6.08 Å². The zero-order valence-corrected chi connectivity index (χ0v) is 10.9. The number of hydrogen-bond donors (Lipinski definition) is 2. The molecule has 0 bridgehead atoms. The fourth-order valence-electron chi connectivity index (χ4n) is 1.28. The second-order valence-electron chi connectivity index (χ2n) is 3.66. The molecule has 18 heavy (non-hydrogen) atoms. The van der Waals surface area contributed by atoms with Crippen LogP contribution in [0.2, 0.25) is 0 Å². The van der Waals surface area contributed by atoms with E-state index in [4.69, 9.17) is 0 Å². The Labute approximate surface area is 108 Å². The number of amides is 2. The van der Waals surface area contributed by atoms with Crippen molar-refractivity contribution in [1.29, 1.82) is 0 Å². The van der Waals surface area contributed by atoms with E-state index in [1.807, 2.05) is 4.90 Å². The average Bonchev–Trinajstić information content (AvgIpc) is 2.35.